The van der Waals surface area contributed by atoms with Crippen LogP contribution in [0.15, 0.2) is 46.2 Å². The standard InChI is InChI=1S/C7H5ClO4S.C7H6O5S.K/c2*8-13(9,10)5-1-2-6-7(3-5)12-4-11-6;/h1-3H,4H2;1-3H,4H2,(H,8,9,10);/q;;+1/p-1. The first-order chi connectivity index (χ1) is 12.1. The van der Waals surface area contributed by atoms with Crippen LogP contribution in [0.5, 0.6) is 23.0 Å². The molecule has 9 nitrogen and oxygen atoms in total. The summed E-state index contributed by atoms with van der Waals surface area (Å²) >= 11 is 0. The molecule has 4 rings (SSSR count). The zero-order valence-electron chi connectivity index (χ0n) is 13.7. The van der Waals surface area contributed by atoms with Gasteiger partial charge in [0.05, 0.1) is 9.79 Å². The fraction of sp³-hybridized carbons (Fsp3) is 0.143. The molecule has 0 N–H and O–H groups in total. The summed E-state index contributed by atoms with van der Waals surface area (Å²) in [6, 6.07) is 7.96. The molecule has 140 valence electrons. The first-order valence-electron chi connectivity index (χ1n) is 6.84. The average molecular weight is 461 g/mol. The fourth-order valence-electron chi connectivity index (χ4n) is 2.06. The minimum atomic E-state index is -4.41. The van der Waals surface area contributed by atoms with Crippen molar-refractivity contribution in [3.8, 4) is 23.0 Å². The molecule has 0 unspecified atom stereocenters. The zero-order chi connectivity index (χ0) is 18.9. The zero-order valence-corrected chi connectivity index (χ0v) is 19.3. The van der Waals surface area contributed by atoms with Gasteiger partial charge in [-0.05, 0) is 24.3 Å². The third kappa shape index (κ3) is 5.71. The molecule has 2 aliphatic heterocycles. The molecule has 27 heavy (non-hydrogen) atoms. The Morgan fingerprint density at radius 3 is 1.59 bits per heavy atom. The van der Waals surface area contributed by atoms with Crippen LogP contribution in [0.1, 0.15) is 0 Å². The SMILES string of the molecule is O=S(=O)(Cl)c1ccc2c(c1)OCO2.O=S(=O)([O-])c1ccc2c(c1)OCO2.[K+]. The molecule has 0 aliphatic carbocycles. The molecule has 13 heteroatoms. The molecule has 2 heterocycles. The first-order valence-corrected chi connectivity index (χ1v) is 10.6. The van der Waals surface area contributed by atoms with E-state index < -0.39 is 19.2 Å². The third-order valence-corrected chi connectivity index (χ3v) is 5.44. The molecule has 2 aromatic rings. The Morgan fingerprint density at radius 1 is 0.741 bits per heavy atom. The number of halogens is 1. The third-order valence-electron chi connectivity index (χ3n) is 3.26. The topological polar surface area (TPSA) is 128 Å². The number of hydrogen-bond acceptors (Lipinski definition) is 9. The maximum Gasteiger partial charge on any atom is 1.00 e. The monoisotopic (exact) mass is 460 g/mol. The molecule has 0 fully saturated rings. The van der Waals surface area contributed by atoms with Gasteiger partial charge in [-0.2, -0.15) is 0 Å². The Morgan fingerprint density at radius 2 is 1.15 bits per heavy atom. The summed E-state index contributed by atoms with van der Waals surface area (Å²) in [5, 5.41) is 0. The molecule has 0 saturated heterocycles. The summed E-state index contributed by atoms with van der Waals surface area (Å²) in [6.45, 7) is 0.165. The number of rotatable bonds is 2. The molecule has 0 atom stereocenters. The molecule has 0 aromatic heterocycles. The molecular weight excluding hydrogens is 451 g/mol. The van der Waals surface area contributed by atoms with Gasteiger partial charge >= 0.3 is 51.4 Å². The van der Waals surface area contributed by atoms with E-state index in [2.05, 4.69) is 0 Å². The van der Waals surface area contributed by atoms with Crippen molar-refractivity contribution in [3.63, 3.8) is 0 Å². The Hall–Kier alpha value is -0.574. The van der Waals surface area contributed by atoms with Crippen molar-refractivity contribution in [1.29, 1.82) is 0 Å². The molecular formula is C14H10ClKO9S2. The summed E-state index contributed by atoms with van der Waals surface area (Å²) in [5.74, 6) is 1.68. The van der Waals surface area contributed by atoms with Crippen molar-refractivity contribution in [3.05, 3.63) is 36.4 Å². The van der Waals surface area contributed by atoms with E-state index in [9.17, 15) is 21.4 Å². The van der Waals surface area contributed by atoms with E-state index >= 15 is 0 Å². The van der Waals surface area contributed by atoms with E-state index in [-0.39, 0.29) is 80.5 Å². The van der Waals surface area contributed by atoms with Crippen LogP contribution in [0.2, 0.25) is 0 Å². The molecule has 0 amide bonds. The predicted molar refractivity (Wildman–Crippen MR) is 86.1 cm³/mol. The van der Waals surface area contributed by atoms with Gasteiger partial charge < -0.3 is 23.5 Å². The van der Waals surface area contributed by atoms with Crippen molar-refractivity contribution in [2.24, 2.45) is 0 Å². The van der Waals surface area contributed by atoms with Gasteiger partial charge in [0, 0.05) is 22.8 Å². The largest absolute Gasteiger partial charge is 1.00 e. The second kappa shape index (κ2) is 8.84. The summed E-state index contributed by atoms with van der Waals surface area (Å²) in [7, 11) is -2.96. The van der Waals surface area contributed by atoms with Gasteiger partial charge in [0.2, 0.25) is 13.6 Å². The van der Waals surface area contributed by atoms with Crippen LogP contribution in [0.3, 0.4) is 0 Å². The first kappa shape index (κ1) is 22.7. The van der Waals surface area contributed by atoms with Gasteiger partial charge in [-0.1, -0.05) is 0 Å². The van der Waals surface area contributed by atoms with Gasteiger partial charge in [0.25, 0.3) is 9.05 Å². The van der Waals surface area contributed by atoms with Crippen LogP contribution >= 0.6 is 10.7 Å². The number of ether oxygens (including phenoxy) is 4. The van der Waals surface area contributed by atoms with Gasteiger partial charge in [-0.15, -0.1) is 0 Å². The Kier molecular flexibility index (Phi) is 7.44. The van der Waals surface area contributed by atoms with Crippen LogP contribution in [0.25, 0.3) is 0 Å². The molecule has 2 aromatic carbocycles. The second-order valence-corrected chi connectivity index (χ2v) is 8.87. The van der Waals surface area contributed by atoms with E-state index in [1.165, 1.54) is 30.3 Å². The van der Waals surface area contributed by atoms with Gasteiger partial charge in [-0.25, -0.2) is 16.8 Å². The van der Waals surface area contributed by atoms with Crippen molar-refractivity contribution < 1.29 is 91.7 Å². The van der Waals surface area contributed by atoms with Crippen LogP contribution in [-0.2, 0) is 19.2 Å². The fourth-order valence-corrected chi connectivity index (χ4v) is 3.31. The van der Waals surface area contributed by atoms with Crippen LogP contribution < -0.4 is 70.3 Å². The Balaban J connectivity index is 0.000000187. The minimum Gasteiger partial charge on any atom is -0.744 e. The van der Waals surface area contributed by atoms with E-state index in [4.69, 9.17) is 29.6 Å². The average Bonchev–Trinajstić information content (AvgIpc) is 3.21. The minimum absolute atomic E-state index is 0. The van der Waals surface area contributed by atoms with E-state index in [1.54, 1.807) is 0 Å². The Labute approximate surface area is 202 Å². The Bertz CT molecular complexity index is 969. The smallest absolute Gasteiger partial charge is 0.744 e. The van der Waals surface area contributed by atoms with Crippen molar-refractivity contribution in [1.82, 2.24) is 0 Å². The van der Waals surface area contributed by atoms with Crippen LogP contribution in [-0.4, -0.2) is 35.0 Å². The predicted octanol–water partition coefficient (Wildman–Crippen LogP) is -1.33. The molecule has 2 aliphatic rings. The van der Waals surface area contributed by atoms with Crippen LogP contribution in [0, 0.1) is 0 Å². The van der Waals surface area contributed by atoms with Crippen molar-refractivity contribution in [2.75, 3.05) is 13.6 Å². The maximum atomic E-state index is 10.9. The van der Waals surface area contributed by atoms with E-state index in [1.807, 2.05) is 0 Å². The second-order valence-electron chi connectivity index (χ2n) is 4.92. The molecule has 0 bridgehead atoms. The summed E-state index contributed by atoms with van der Waals surface area (Å²) in [6.07, 6.45) is 0. The van der Waals surface area contributed by atoms with Crippen molar-refractivity contribution in [2.45, 2.75) is 9.79 Å². The summed E-state index contributed by atoms with van der Waals surface area (Å²) in [5.41, 5.74) is 0. The number of hydrogen-bond donors (Lipinski definition) is 0. The number of fused-ring (bicyclic) bond motifs is 2. The molecule has 0 saturated carbocycles. The molecule has 0 radical (unpaired) electrons. The quantitative estimate of drug-likeness (QED) is 0.304. The normalized spacial score (nSPS) is 14.0. The maximum absolute atomic E-state index is 10.9. The van der Waals surface area contributed by atoms with E-state index in [0.29, 0.717) is 17.2 Å². The summed E-state index contributed by atoms with van der Waals surface area (Å²) < 4.78 is 73.4. The summed E-state index contributed by atoms with van der Waals surface area (Å²) in [4.78, 5) is -0.296. The van der Waals surface area contributed by atoms with E-state index in [0.717, 1.165) is 6.07 Å². The van der Waals surface area contributed by atoms with Crippen molar-refractivity contribution >= 4 is 29.9 Å². The van der Waals surface area contributed by atoms with Gasteiger partial charge in [0.15, 0.2) is 23.0 Å². The van der Waals surface area contributed by atoms with Gasteiger partial charge in [0.1, 0.15) is 10.1 Å². The van der Waals surface area contributed by atoms with Gasteiger partial charge in [-0.3, -0.25) is 0 Å². The molecule has 0 spiro atoms. The number of benzene rings is 2. The van der Waals surface area contributed by atoms with Crippen LogP contribution in [0.4, 0.5) is 0 Å².